The van der Waals surface area contributed by atoms with Gasteiger partial charge in [-0.1, -0.05) is 26.0 Å². The topological polar surface area (TPSA) is 54.0 Å². The van der Waals surface area contributed by atoms with Crippen molar-refractivity contribution in [2.45, 2.75) is 65.3 Å². The predicted octanol–water partition coefficient (Wildman–Crippen LogP) is 3.16. The molecule has 1 aromatic rings. The zero-order valence-corrected chi connectivity index (χ0v) is 20.0. The highest BCUT2D eigenvalue weighted by atomic mass is 16.5. The van der Waals surface area contributed by atoms with E-state index in [-0.39, 0.29) is 30.1 Å². The molecule has 3 unspecified atom stereocenters. The van der Waals surface area contributed by atoms with Crippen molar-refractivity contribution < 1.29 is 14.3 Å². The first kappa shape index (κ1) is 24.0. The second-order valence-corrected chi connectivity index (χ2v) is 9.71. The van der Waals surface area contributed by atoms with E-state index in [9.17, 15) is 4.79 Å². The van der Waals surface area contributed by atoms with Gasteiger partial charge in [-0.25, -0.2) is 0 Å². The Hall–Kier alpha value is -1.63. The zero-order valence-electron chi connectivity index (χ0n) is 20.0. The van der Waals surface area contributed by atoms with Gasteiger partial charge in [0.15, 0.2) is 0 Å². The Morgan fingerprint density at radius 1 is 1.13 bits per heavy atom. The van der Waals surface area contributed by atoms with Crippen LogP contribution in [0.1, 0.15) is 46.1 Å². The molecule has 1 N–H and O–H groups in total. The summed E-state index contributed by atoms with van der Waals surface area (Å²) in [5.41, 5.74) is 1.32. The third-order valence-corrected chi connectivity index (χ3v) is 6.58. The number of piperidine rings is 1. The molecule has 3 rings (SSSR count). The highest BCUT2D eigenvalue weighted by Crippen LogP contribution is 2.21. The van der Waals surface area contributed by atoms with Gasteiger partial charge in [0.25, 0.3) is 0 Å². The van der Waals surface area contributed by atoms with Gasteiger partial charge < -0.3 is 14.8 Å². The molecule has 0 radical (unpaired) electrons. The molecule has 2 aliphatic rings. The maximum atomic E-state index is 13.1. The van der Waals surface area contributed by atoms with E-state index in [2.05, 4.69) is 54.9 Å². The molecule has 1 aromatic carbocycles. The molecule has 0 saturated carbocycles. The average Bonchev–Trinajstić information content (AvgIpc) is 2.73. The molecule has 31 heavy (non-hydrogen) atoms. The minimum absolute atomic E-state index is 0.0797. The number of nitrogens with one attached hydrogen (secondary N) is 1. The van der Waals surface area contributed by atoms with Crippen LogP contribution in [0.2, 0.25) is 0 Å². The number of amides is 1. The summed E-state index contributed by atoms with van der Waals surface area (Å²) in [5.74, 6) is 1.92. The van der Waals surface area contributed by atoms with Gasteiger partial charge in [-0.05, 0) is 69.3 Å². The minimum Gasteiger partial charge on any atom is -0.497 e. The summed E-state index contributed by atoms with van der Waals surface area (Å²) in [7, 11) is 1.70. The number of likely N-dealkylation sites (tertiary alicyclic amines) is 1. The monoisotopic (exact) mass is 431 g/mol. The number of carbonyl (C=O) groups is 1. The molecule has 0 aromatic heterocycles. The van der Waals surface area contributed by atoms with Crippen molar-refractivity contribution in [3.8, 4) is 5.75 Å². The van der Waals surface area contributed by atoms with E-state index >= 15 is 0 Å². The van der Waals surface area contributed by atoms with E-state index in [0.29, 0.717) is 5.92 Å². The lowest BCUT2D eigenvalue weighted by atomic mass is 9.95. The van der Waals surface area contributed by atoms with E-state index in [1.54, 1.807) is 7.11 Å². The summed E-state index contributed by atoms with van der Waals surface area (Å²) >= 11 is 0. The number of nitrogens with zero attached hydrogens (tertiary/aromatic N) is 2. The van der Waals surface area contributed by atoms with Gasteiger partial charge in [0.1, 0.15) is 5.75 Å². The number of hydrogen-bond acceptors (Lipinski definition) is 5. The van der Waals surface area contributed by atoms with Crippen molar-refractivity contribution in [2.75, 3.05) is 39.8 Å². The fraction of sp³-hybridized carbons (Fsp3) is 0.720. The van der Waals surface area contributed by atoms with Crippen molar-refractivity contribution in [2.24, 2.45) is 11.8 Å². The molecule has 6 heteroatoms. The highest BCUT2D eigenvalue weighted by Gasteiger charge is 2.34. The summed E-state index contributed by atoms with van der Waals surface area (Å²) in [6.45, 7) is 14.1. The number of benzene rings is 1. The van der Waals surface area contributed by atoms with Crippen LogP contribution in [0.3, 0.4) is 0 Å². The van der Waals surface area contributed by atoms with Crippen LogP contribution in [0.5, 0.6) is 5.75 Å². The zero-order chi connectivity index (χ0) is 22.4. The van der Waals surface area contributed by atoms with Crippen molar-refractivity contribution in [1.29, 1.82) is 0 Å². The van der Waals surface area contributed by atoms with Crippen LogP contribution in [0.4, 0.5) is 0 Å². The van der Waals surface area contributed by atoms with Gasteiger partial charge in [0.2, 0.25) is 5.91 Å². The lowest BCUT2D eigenvalue weighted by molar-refractivity contribution is -0.135. The van der Waals surface area contributed by atoms with E-state index in [4.69, 9.17) is 9.47 Å². The van der Waals surface area contributed by atoms with Gasteiger partial charge >= 0.3 is 0 Å². The molecule has 174 valence electrons. The van der Waals surface area contributed by atoms with E-state index in [1.165, 1.54) is 5.56 Å². The molecule has 1 amide bonds. The molecule has 2 saturated heterocycles. The van der Waals surface area contributed by atoms with Crippen LogP contribution < -0.4 is 10.1 Å². The van der Waals surface area contributed by atoms with Crippen LogP contribution in [-0.4, -0.2) is 73.8 Å². The highest BCUT2D eigenvalue weighted by molar-refractivity contribution is 5.82. The SMILES string of the molecule is COc1ccc(CN2CCC(CNC(=O)C(C(C)C)N3CC(C)OC(C)C3)CC2)cc1. The van der Waals surface area contributed by atoms with Crippen LogP contribution in [0, 0.1) is 11.8 Å². The van der Waals surface area contributed by atoms with Crippen molar-refractivity contribution in [1.82, 2.24) is 15.1 Å². The van der Waals surface area contributed by atoms with Crippen molar-refractivity contribution >= 4 is 5.91 Å². The van der Waals surface area contributed by atoms with Crippen LogP contribution >= 0.6 is 0 Å². The Bertz CT molecular complexity index is 676. The van der Waals surface area contributed by atoms with Gasteiger partial charge in [-0.3, -0.25) is 14.6 Å². The van der Waals surface area contributed by atoms with Crippen molar-refractivity contribution in [3.05, 3.63) is 29.8 Å². The Labute approximate surface area is 188 Å². The van der Waals surface area contributed by atoms with Crippen molar-refractivity contribution in [3.63, 3.8) is 0 Å². The molecule has 2 heterocycles. The Kier molecular flexibility index (Phi) is 8.76. The molecule has 2 aliphatic heterocycles. The van der Waals surface area contributed by atoms with Crippen LogP contribution in [0.25, 0.3) is 0 Å². The maximum Gasteiger partial charge on any atom is 0.237 e. The number of rotatable bonds is 8. The third-order valence-electron chi connectivity index (χ3n) is 6.58. The first-order chi connectivity index (χ1) is 14.9. The molecule has 2 fully saturated rings. The van der Waals surface area contributed by atoms with Gasteiger partial charge in [-0.15, -0.1) is 0 Å². The quantitative estimate of drug-likeness (QED) is 0.685. The summed E-state index contributed by atoms with van der Waals surface area (Å²) in [6.07, 6.45) is 2.61. The van der Waals surface area contributed by atoms with Gasteiger partial charge in [-0.2, -0.15) is 0 Å². The lowest BCUT2D eigenvalue weighted by Gasteiger charge is -2.41. The standard InChI is InChI=1S/C25H41N3O3/c1-18(2)24(28-15-19(3)31-20(4)16-28)25(29)26-14-21-10-12-27(13-11-21)17-22-6-8-23(30-5)9-7-22/h6-9,18-21,24H,10-17H2,1-5H3,(H,26,29). The predicted molar refractivity (Wildman–Crippen MR) is 124 cm³/mol. The maximum absolute atomic E-state index is 13.1. The second-order valence-electron chi connectivity index (χ2n) is 9.71. The summed E-state index contributed by atoms with van der Waals surface area (Å²) in [6, 6.07) is 8.26. The van der Waals surface area contributed by atoms with Crippen LogP contribution in [0.15, 0.2) is 24.3 Å². The number of methoxy groups -OCH3 is 1. The Balaban J connectivity index is 1.43. The number of morpholine rings is 1. The minimum atomic E-state index is -0.0797. The summed E-state index contributed by atoms with van der Waals surface area (Å²) in [4.78, 5) is 17.9. The number of ether oxygens (including phenoxy) is 2. The normalized spacial score (nSPS) is 24.8. The fourth-order valence-electron chi connectivity index (χ4n) is 5.02. The Morgan fingerprint density at radius 3 is 2.29 bits per heavy atom. The Morgan fingerprint density at radius 2 is 1.74 bits per heavy atom. The van der Waals surface area contributed by atoms with E-state index < -0.39 is 0 Å². The number of carbonyl (C=O) groups excluding carboxylic acids is 1. The summed E-state index contributed by atoms with van der Waals surface area (Å²) < 4.78 is 11.1. The molecule has 0 spiro atoms. The fourth-order valence-corrected chi connectivity index (χ4v) is 5.02. The third kappa shape index (κ3) is 6.93. The largest absolute Gasteiger partial charge is 0.497 e. The number of hydrogen-bond donors (Lipinski definition) is 1. The molecular formula is C25H41N3O3. The average molecular weight is 432 g/mol. The van der Waals surface area contributed by atoms with E-state index in [1.807, 2.05) is 12.1 Å². The van der Waals surface area contributed by atoms with Crippen LogP contribution in [-0.2, 0) is 16.1 Å². The van der Waals surface area contributed by atoms with Gasteiger partial charge in [0.05, 0.1) is 25.4 Å². The molecule has 0 aliphatic carbocycles. The second kappa shape index (κ2) is 11.3. The first-order valence-electron chi connectivity index (χ1n) is 11.9. The smallest absolute Gasteiger partial charge is 0.237 e. The molecule has 0 bridgehead atoms. The molecule has 3 atom stereocenters. The van der Waals surface area contributed by atoms with Gasteiger partial charge in [0, 0.05) is 26.2 Å². The molecular weight excluding hydrogens is 390 g/mol. The molecule has 6 nitrogen and oxygen atoms in total. The first-order valence-corrected chi connectivity index (χ1v) is 11.9. The summed E-state index contributed by atoms with van der Waals surface area (Å²) in [5, 5.41) is 3.28. The van der Waals surface area contributed by atoms with E-state index in [0.717, 1.165) is 57.9 Å². The lowest BCUT2D eigenvalue weighted by Crippen LogP contribution is -2.57.